The average molecular weight is 506 g/mol. The van der Waals surface area contributed by atoms with Gasteiger partial charge < -0.3 is 19.7 Å². The summed E-state index contributed by atoms with van der Waals surface area (Å²) >= 11 is 1.57. The number of hydrogen-bond acceptors (Lipinski definition) is 8. The van der Waals surface area contributed by atoms with E-state index in [0.29, 0.717) is 12.8 Å². The Kier molecular flexibility index (Phi) is 8.15. The molecule has 2 N–H and O–H groups in total. The van der Waals surface area contributed by atoms with Gasteiger partial charge in [0.05, 0.1) is 47.0 Å². The summed E-state index contributed by atoms with van der Waals surface area (Å²) in [6, 6.07) is 0. The zero-order valence-corrected chi connectivity index (χ0v) is 22.1. The number of nitrogens with zero attached hydrogens (tertiary/aromatic N) is 1. The number of epoxide rings is 1. The molecule has 1 aliphatic carbocycles. The molecule has 0 radical (unpaired) electrons. The Morgan fingerprint density at radius 2 is 1.86 bits per heavy atom. The predicted molar refractivity (Wildman–Crippen MR) is 134 cm³/mol. The van der Waals surface area contributed by atoms with Gasteiger partial charge in [0.2, 0.25) is 0 Å². The Labute approximate surface area is 211 Å². The van der Waals surface area contributed by atoms with Crippen LogP contribution in [0.2, 0.25) is 0 Å². The number of rotatable bonds is 2. The van der Waals surface area contributed by atoms with Crippen molar-refractivity contribution in [3.63, 3.8) is 0 Å². The van der Waals surface area contributed by atoms with E-state index in [2.05, 4.69) is 4.98 Å². The van der Waals surface area contributed by atoms with Crippen molar-refractivity contribution in [1.29, 1.82) is 0 Å². The summed E-state index contributed by atoms with van der Waals surface area (Å²) in [6.07, 6.45) is 5.07. The number of esters is 1. The van der Waals surface area contributed by atoms with Crippen LogP contribution < -0.4 is 0 Å². The molecule has 8 heteroatoms. The van der Waals surface area contributed by atoms with Gasteiger partial charge in [0.1, 0.15) is 11.9 Å². The van der Waals surface area contributed by atoms with Gasteiger partial charge in [-0.2, -0.15) is 0 Å². The van der Waals surface area contributed by atoms with E-state index < -0.39 is 35.6 Å². The first-order chi connectivity index (χ1) is 16.6. The van der Waals surface area contributed by atoms with Crippen molar-refractivity contribution >= 4 is 29.2 Å². The summed E-state index contributed by atoms with van der Waals surface area (Å²) in [5.41, 5.74) is 0.548. The number of aliphatic hydroxyl groups is 2. The number of cyclic esters (lactones) is 1. The lowest BCUT2D eigenvalue weighted by Crippen LogP contribution is -2.48. The summed E-state index contributed by atoms with van der Waals surface area (Å²) in [7, 11) is 0. The molecule has 1 aromatic rings. The highest BCUT2D eigenvalue weighted by Gasteiger charge is 2.47. The van der Waals surface area contributed by atoms with Crippen molar-refractivity contribution < 1.29 is 29.3 Å². The van der Waals surface area contributed by atoms with Crippen LogP contribution in [0.3, 0.4) is 0 Å². The summed E-state index contributed by atoms with van der Waals surface area (Å²) in [5.74, 6) is -1.14. The second-order valence-electron chi connectivity index (χ2n) is 11.1. The number of carbonyl (C=O) groups is 2. The van der Waals surface area contributed by atoms with Crippen LogP contribution >= 0.6 is 11.3 Å². The fourth-order valence-electron chi connectivity index (χ4n) is 5.67. The third-order valence-corrected chi connectivity index (χ3v) is 8.93. The lowest BCUT2D eigenvalue weighted by Gasteiger charge is -2.39. The van der Waals surface area contributed by atoms with Crippen molar-refractivity contribution in [3.8, 4) is 0 Å². The van der Waals surface area contributed by atoms with Gasteiger partial charge in [-0.1, -0.05) is 26.7 Å². The molecule has 2 aliphatic heterocycles. The fourth-order valence-corrected chi connectivity index (χ4v) is 6.24. The minimum atomic E-state index is -1.20. The molecule has 3 heterocycles. The third-order valence-electron chi connectivity index (χ3n) is 8.14. The van der Waals surface area contributed by atoms with Gasteiger partial charge in [-0.05, 0) is 57.1 Å². The van der Waals surface area contributed by atoms with E-state index in [1.165, 1.54) is 0 Å². The highest BCUT2D eigenvalue weighted by molar-refractivity contribution is 7.09. The second kappa shape index (κ2) is 10.8. The molecule has 0 aromatic carbocycles. The van der Waals surface area contributed by atoms with Gasteiger partial charge in [0, 0.05) is 17.7 Å². The molecule has 2 saturated heterocycles. The van der Waals surface area contributed by atoms with Crippen molar-refractivity contribution in [1.82, 2.24) is 4.98 Å². The molecule has 4 rings (SSSR count). The lowest BCUT2D eigenvalue weighted by molar-refractivity contribution is -0.155. The summed E-state index contributed by atoms with van der Waals surface area (Å²) in [4.78, 5) is 30.8. The highest BCUT2D eigenvalue weighted by atomic mass is 32.1. The molecule has 2 bridgehead atoms. The zero-order valence-electron chi connectivity index (χ0n) is 21.2. The van der Waals surface area contributed by atoms with E-state index in [-0.39, 0.29) is 30.3 Å². The Morgan fingerprint density at radius 1 is 1.14 bits per heavy atom. The maximum atomic E-state index is 13.4. The minimum Gasteiger partial charge on any atom is -0.458 e. The Hall–Kier alpha value is -1.61. The highest BCUT2D eigenvalue weighted by Crippen LogP contribution is 2.40. The van der Waals surface area contributed by atoms with E-state index in [0.717, 1.165) is 48.4 Å². The molecule has 3 aliphatic rings. The van der Waals surface area contributed by atoms with Crippen molar-refractivity contribution in [2.45, 2.75) is 110 Å². The monoisotopic (exact) mass is 505 g/mol. The van der Waals surface area contributed by atoms with Crippen LogP contribution in [0.1, 0.15) is 82.8 Å². The standard InChI is InChI=1S/C27H39NO6S/c1-15(11-18-14-35-16(2)28-18)21-12-22-20(33-22)10-6-8-17-7-5-9-19(25(17)31)26(32)27(3,4)23(29)13-24(30)34-21/h11,14,17,19-23,25,29,31H,5-10,12-13H2,1-4H3/b15-11+/t17-,19+,20+,21-,22-,23-,25-/m0/s1. The maximum Gasteiger partial charge on any atom is 0.309 e. The van der Waals surface area contributed by atoms with Gasteiger partial charge >= 0.3 is 5.97 Å². The number of ether oxygens (including phenoxy) is 2. The predicted octanol–water partition coefficient (Wildman–Crippen LogP) is 4.23. The van der Waals surface area contributed by atoms with Gasteiger partial charge in [-0.3, -0.25) is 9.59 Å². The third kappa shape index (κ3) is 6.21. The van der Waals surface area contributed by atoms with E-state index in [1.54, 1.807) is 25.2 Å². The first-order valence-corrected chi connectivity index (χ1v) is 13.8. The SMILES string of the molecule is C/C(=C\c1csc(C)n1)[C@@H]1C[C@@H]2O[C@@H]2CCC[C@@H]2CCC[C@@H](C(=O)C(C)(C)[C@@H](O)CC(=O)O1)[C@H]2O. The van der Waals surface area contributed by atoms with E-state index in [9.17, 15) is 19.8 Å². The molecule has 7 atom stereocenters. The molecule has 0 unspecified atom stereocenters. The van der Waals surface area contributed by atoms with Crippen LogP contribution in [0.5, 0.6) is 0 Å². The topological polar surface area (TPSA) is 109 Å². The average Bonchev–Trinajstić information content (AvgIpc) is 3.41. The van der Waals surface area contributed by atoms with Crippen LogP contribution in [0.25, 0.3) is 6.08 Å². The molecule has 1 saturated carbocycles. The van der Waals surface area contributed by atoms with Crippen molar-refractivity contribution in [3.05, 3.63) is 21.7 Å². The zero-order chi connectivity index (χ0) is 25.3. The molecule has 194 valence electrons. The van der Waals surface area contributed by atoms with Gasteiger partial charge in [-0.15, -0.1) is 11.3 Å². The Bertz CT molecular complexity index is 955. The first kappa shape index (κ1) is 26.5. The normalized spacial score (nSPS) is 36.9. The van der Waals surface area contributed by atoms with E-state index in [1.807, 2.05) is 25.3 Å². The molecular weight excluding hydrogens is 466 g/mol. The number of carbonyl (C=O) groups excluding carboxylic acids is 2. The maximum absolute atomic E-state index is 13.4. The number of fused-ring (bicyclic) bond motifs is 3. The van der Waals surface area contributed by atoms with Crippen molar-refractivity contribution in [2.24, 2.45) is 17.3 Å². The number of aromatic nitrogens is 1. The summed E-state index contributed by atoms with van der Waals surface area (Å²) in [5, 5.41) is 24.9. The van der Waals surface area contributed by atoms with Gasteiger partial charge in [0.15, 0.2) is 0 Å². The van der Waals surface area contributed by atoms with Crippen LogP contribution in [-0.4, -0.2) is 57.5 Å². The lowest BCUT2D eigenvalue weighted by atomic mass is 9.67. The Balaban J connectivity index is 1.54. The molecule has 0 amide bonds. The number of ketones is 1. The van der Waals surface area contributed by atoms with E-state index >= 15 is 0 Å². The number of aryl methyl sites for hydroxylation is 1. The van der Waals surface area contributed by atoms with Crippen LogP contribution in [0, 0.1) is 24.2 Å². The first-order valence-electron chi connectivity index (χ1n) is 12.9. The minimum absolute atomic E-state index is 0.0215. The number of Topliss-reactive ketones (excluding diaryl/α,β-unsaturated/α-hetero) is 1. The number of thiazole rings is 1. The van der Waals surface area contributed by atoms with E-state index in [4.69, 9.17) is 9.47 Å². The smallest absolute Gasteiger partial charge is 0.309 e. The van der Waals surface area contributed by atoms with Gasteiger partial charge in [0.25, 0.3) is 0 Å². The van der Waals surface area contributed by atoms with Crippen LogP contribution in [0.4, 0.5) is 0 Å². The molecular formula is C27H39NO6S. The van der Waals surface area contributed by atoms with Gasteiger partial charge in [-0.25, -0.2) is 4.98 Å². The fraction of sp³-hybridized carbons (Fsp3) is 0.741. The van der Waals surface area contributed by atoms with Crippen LogP contribution in [0.15, 0.2) is 11.0 Å². The molecule has 7 nitrogen and oxygen atoms in total. The Morgan fingerprint density at radius 3 is 2.54 bits per heavy atom. The van der Waals surface area contributed by atoms with Crippen LogP contribution in [-0.2, 0) is 19.1 Å². The molecule has 1 aromatic heterocycles. The van der Waals surface area contributed by atoms with Crippen molar-refractivity contribution in [2.75, 3.05) is 0 Å². The second-order valence-corrected chi connectivity index (χ2v) is 12.2. The molecule has 35 heavy (non-hydrogen) atoms. The summed E-state index contributed by atoms with van der Waals surface area (Å²) < 4.78 is 11.8. The largest absolute Gasteiger partial charge is 0.458 e. The molecule has 0 spiro atoms. The number of hydrogen-bond donors (Lipinski definition) is 2. The quantitative estimate of drug-likeness (QED) is 0.457. The number of aliphatic hydroxyl groups excluding tert-OH is 2. The molecule has 3 fully saturated rings. The summed E-state index contributed by atoms with van der Waals surface area (Å²) in [6.45, 7) is 7.21.